The molecule has 0 spiro atoms. The van der Waals surface area contributed by atoms with Gasteiger partial charge in [0.25, 0.3) is 0 Å². The van der Waals surface area contributed by atoms with Crippen molar-refractivity contribution in [3.63, 3.8) is 0 Å². The minimum Gasteiger partial charge on any atom is -0.384 e. The Morgan fingerprint density at radius 3 is 2.33 bits per heavy atom. The van der Waals surface area contributed by atoms with E-state index in [1.165, 1.54) is 30.5 Å². The van der Waals surface area contributed by atoms with Gasteiger partial charge in [-0.25, -0.2) is 4.39 Å². The average molecular weight is 242 g/mol. The van der Waals surface area contributed by atoms with Crippen molar-refractivity contribution in [3.8, 4) is 0 Å². The van der Waals surface area contributed by atoms with E-state index in [0.29, 0.717) is 11.5 Å². The van der Waals surface area contributed by atoms with Gasteiger partial charge in [0.15, 0.2) is 0 Å². The molecule has 0 heterocycles. The highest BCUT2D eigenvalue weighted by Crippen LogP contribution is 2.40. The number of hydrogen-bond donors (Lipinski definition) is 1. The third-order valence-electron chi connectivity index (χ3n) is 3.44. The van der Waals surface area contributed by atoms with E-state index in [1.807, 2.05) is 18.2 Å². The minimum atomic E-state index is -0.751. The van der Waals surface area contributed by atoms with Crippen LogP contribution in [0.5, 0.6) is 0 Å². The Morgan fingerprint density at radius 1 is 1.00 bits per heavy atom. The third-order valence-corrected chi connectivity index (χ3v) is 3.44. The second-order valence-corrected chi connectivity index (χ2v) is 4.90. The fourth-order valence-electron chi connectivity index (χ4n) is 2.27. The molecule has 2 aromatic carbocycles. The number of halogens is 1. The SMILES string of the molecule is OC(c1cccc(F)c1)c1cccc(C2CC2)c1. The molecule has 0 aromatic heterocycles. The Bertz CT molecular complexity index is 561. The van der Waals surface area contributed by atoms with Gasteiger partial charge in [0.1, 0.15) is 11.9 Å². The van der Waals surface area contributed by atoms with Gasteiger partial charge in [0.2, 0.25) is 0 Å². The molecule has 1 aliphatic carbocycles. The lowest BCUT2D eigenvalue weighted by atomic mass is 9.98. The van der Waals surface area contributed by atoms with E-state index in [2.05, 4.69) is 6.07 Å². The van der Waals surface area contributed by atoms with Gasteiger partial charge in [-0.3, -0.25) is 0 Å². The second kappa shape index (κ2) is 4.54. The minimum absolute atomic E-state index is 0.315. The molecular weight excluding hydrogens is 227 g/mol. The quantitative estimate of drug-likeness (QED) is 0.868. The summed E-state index contributed by atoms with van der Waals surface area (Å²) in [4.78, 5) is 0. The third kappa shape index (κ3) is 2.29. The zero-order valence-electron chi connectivity index (χ0n) is 10.0. The molecule has 1 saturated carbocycles. The van der Waals surface area contributed by atoms with Crippen LogP contribution in [0.1, 0.15) is 41.6 Å². The first-order valence-electron chi connectivity index (χ1n) is 6.27. The molecule has 1 N–H and O–H groups in total. The van der Waals surface area contributed by atoms with Gasteiger partial charge in [-0.05, 0) is 47.6 Å². The smallest absolute Gasteiger partial charge is 0.123 e. The largest absolute Gasteiger partial charge is 0.384 e. The average Bonchev–Trinajstić information content (AvgIpc) is 3.22. The Kier molecular flexibility index (Phi) is 2.88. The van der Waals surface area contributed by atoms with E-state index in [9.17, 15) is 9.50 Å². The molecule has 0 saturated heterocycles. The summed E-state index contributed by atoms with van der Waals surface area (Å²) >= 11 is 0. The summed E-state index contributed by atoms with van der Waals surface area (Å²) in [6.45, 7) is 0. The van der Waals surface area contributed by atoms with Crippen molar-refractivity contribution in [1.29, 1.82) is 0 Å². The predicted octanol–water partition coefficient (Wildman–Crippen LogP) is 3.78. The van der Waals surface area contributed by atoms with Gasteiger partial charge in [0, 0.05) is 0 Å². The lowest BCUT2D eigenvalue weighted by Gasteiger charge is -2.12. The van der Waals surface area contributed by atoms with Crippen LogP contribution in [0.2, 0.25) is 0 Å². The summed E-state index contributed by atoms with van der Waals surface area (Å²) < 4.78 is 13.1. The maximum Gasteiger partial charge on any atom is 0.123 e. The van der Waals surface area contributed by atoms with Gasteiger partial charge in [-0.2, -0.15) is 0 Å². The van der Waals surface area contributed by atoms with Crippen molar-refractivity contribution < 1.29 is 9.50 Å². The highest BCUT2D eigenvalue weighted by atomic mass is 19.1. The fraction of sp³-hybridized carbons (Fsp3) is 0.250. The lowest BCUT2D eigenvalue weighted by Crippen LogP contribution is -2.00. The zero-order chi connectivity index (χ0) is 12.5. The maximum atomic E-state index is 13.1. The van der Waals surface area contributed by atoms with Gasteiger partial charge < -0.3 is 5.11 Å². The van der Waals surface area contributed by atoms with Crippen molar-refractivity contribution in [2.24, 2.45) is 0 Å². The molecular formula is C16H15FO. The van der Waals surface area contributed by atoms with Gasteiger partial charge in [0.05, 0.1) is 0 Å². The summed E-state index contributed by atoms with van der Waals surface area (Å²) in [6.07, 6.45) is 1.72. The number of aliphatic hydroxyl groups is 1. The molecule has 0 amide bonds. The van der Waals surface area contributed by atoms with Crippen LogP contribution < -0.4 is 0 Å². The molecule has 1 fully saturated rings. The molecule has 2 heteroatoms. The molecule has 1 aliphatic rings. The van der Waals surface area contributed by atoms with Gasteiger partial charge >= 0.3 is 0 Å². The van der Waals surface area contributed by atoms with E-state index >= 15 is 0 Å². The molecule has 92 valence electrons. The topological polar surface area (TPSA) is 20.2 Å². The Labute approximate surface area is 106 Å². The molecule has 0 aliphatic heterocycles. The van der Waals surface area contributed by atoms with E-state index in [0.717, 1.165) is 5.56 Å². The van der Waals surface area contributed by atoms with Crippen LogP contribution in [0.4, 0.5) is 4.39 Å². The van der Waals surface area contributed by atoms with E-state index in [1.54, 1.807) is 12.1 Å². The van der Waals surface area contributed by atoms with Crippen molar-refractivity contribution in [2.75, 3.05) is 0 Å². The van der Waals surface area contributed by atoms with Gasteiger partial charge in [-0.15, -0.1) is 0 Å². The first-order chi connectivity index (χ1) is 8.74. The summed E-state index contributed by atoms with van der Waals surface area (Å²) in [5.74, 6) is 0.342. The number of rotatable bonds is 3. The van der Waals surface area contributed by atoms with Gasteiger partial charge in [-0.1, -0.05) is 36.4 Å². The van der Waals surface area contributed by atoms with Crippen molar-refractivity contribution in [1.82, 2.24) is 0 Å². The highest BCUT2D eigenvalue weighted by Gasteiger charge is 2.24. The standard InChI is InChI=1S/C16H15FO/c17-15-6-2-5-14(10-15)16(18)13-4-1-3-12(9-13)11-7-8-11/h1-6,9-11,16,18H,7-8H2. The Morgan fingerprint density at radius 2 is 1.67 bits per heavy atom. The molecule has 2 aromatic rings. The first kappa shape index (κ1) is 11.4. The van der Waals surface area contributed by atoms with Crippen LogP contribution in [0.25, 0.3) is 0 Å². The summed E-state index contributed by atoms with van der Waals surface area (Å²) in [7, 11) is 0. The molecule has 18 heavy (non-hydrogen) atoms. The second-order valence-electron chi connectivity index (χ2n) is 4.90. The van der Waals surface area contributed by atoms with Crippen molar-refractivity contribution >= 4 is 0 Å². The van der Waals surface area contributed by atoms with Crippen LogP contribution in [-0.2, 0) is 0 Å². The van der Waals surface area contributed by atoms with E-state index < -0.39 is 6.10 Å². The molecule has 1 nitrogen and oxygen atoms in total. The maximum absolute atomic E-state index is 13.1. The molecule has 0 radical (unpaired) electrons. The number of aliphatic hydroxyl groups excluding tert-OH is 1. The van der Waals surface area contributed by atoms with Crippen LogP contribution in [0.15, 0.2) is 48.5 Å². The Hall–Kier alpha value is -1.67. The van der Waals surface area contributed by atoms with Crippen LogP contribution in [0.3, 0.4) is 0 Å². The zero-order valence-corrected chi connectivity index (χ0v) is 10.0. The normalized spacial score (nSPS) is 16.6. The van der Waals surface area contributed by atoms with Crippen molar-refractivity contribution in [2.45, 2.75) is 24.9 Å². The molecule has 3 rings (SSSR count). The molecule has 0 bridgehead atoms. The predicted molar refractivity (Wildman–Crippen MR) is 68.9 cm³/mol. The summed E-state index contributed by atoms with van der Waals surface area (Å²) in [6, 6.07) is 14.1. The van der Waals surface area contributed by atoms with Crippen LogP contribution in [0, 0.1) is 5.82 Å². The Balaban J connectivity index is 1.91. The fourth-order valence-corrected chi connectivity index (χ4v) is 2.27. The number of benzene rings is 2. The highest BCUT2D eigenvalue weighted by molar-refractivity contribution is 5.35. The van der Waals surface area contributed by atoms with Crippen LogP contribution in [-0.4, -0.2) is 5.11 Å². The molecule has 1 unspecified atom stereocenters. The first-order valence-corrected chi connectivity index (χ1v) is 6.27. The van der Waals surface area contributed by atoms with Crippen molar-refractivity contribution in [3.05, 3.63) is 71.0 Å². The summed E-state index contributed by atoms with van der Waals surface area (Å²) in [5, 5.41) is 10.3. The monoisotopic (exact) mass is 242 g/mol. The van der Waals surface area contributed by atoms with Crippen LogP contribution >= 0.6 is 0 Å². The summed E-state index contributed by atoms with van der Waals surface area (Å²) in [5.41, 5.74) is 2.72. The van der Waals surface area contributed by atoms with E-state index in [4.69, 9.17) is 0 Å². The lowest BCUT2D eigenvalue weighted by molar-refractivity contribution is 0.219. The number of hydrogen-bond acceptors (Lipinski definition) is 1. The van der Waals surface area contributed by atoms with E-state index in [-0.39, 0.29) is 5.82 Å². The molecule has 1 atom stereocenters.